The molecule has 1 N–H and O–H groups in total. The predicted molar refractivity (Wildman–Crippen MR) is 92.5 cm³/mol. The zero-order chi connectivity index (χ0) is 16.9. The van der Waals surface area contributed by atoms with Gasteiger partial charge in [-0.1, -0.05) is 17.7 Å². The van der Waals surface area contributed by atoms with Crippen molar-refractivity contribution in [1.82, 2.24) is 10.2 Å². The molecule has 0 fully saturated rings. The lowest BCUT2D eigenvalue weighted by Crippen LogP contribution is -2.41. The first-order valence-corrected chi connectivity index (χ1v) is 8.47. The third kappa shape index (κ3) is 4.03. The van der Waals surface area contributed by atoms with Crippen molar-refractivity contribution in [2.24, 2.45) is 0 Å². The van der Waals surface area contributed by atoms with E-state index < -0.39 is 0 Å². The summed E-state index contributed by atoms with van der Waals surface area (Å²) in [7, 11) is 1.76. The average molecular weight is 349 g/mol. The van der Waals surface area contributed by atoms with Gasteiger partial charge in [0.05, 0.1) is 18.8 Å². The summed E-state index contributed by atoms with van der Waals surface area (Å²) in [5.74, 6) is 1.69. The molecule has 2 amide bonds. The van der Waals surface area contributed by atoms with Gasteiger partial charge < -0.3 is 19.4 Å². The number of rotatable bonds is 5. The van der Waals surface area contributed by atoms with Crippen molar-refractivity contribution in [2.45, 2.75) is 25.3 Å². The molecule has 0 saturated carbocycles. The molecule has 0 bridgehead atoms. The molecule has 5 nitrogen and oxygen atoms in total. The third-order valence-electron chi connectivity index (χ3n) is 4.19. The van der Waals surface area contributed by atoms with Gasteiger partial charge in [-0.05, 0) is 37.1 Å². The van der Waals surface area contributed by atoms with Crippen LogP contribution in [0.3, 0.4) is 0 Å². The Bertz CT molecular complexity index is 701. The highest BCUT2D eigenvalue weighted by Crippen LogP contribution is 2.30. The highest BCUT2D eigenvalue weighted by atomic mass is 35.5. The van der Waals surface area contributed by atoms with Crippen LogP contribution in [0, 0.1) is 0 Å². The number of nitrogens with one attached hydrogen (secondary N) is 1. The van der Waals surface area contributed by atoms with Crippen molar-refractivity contribution in [3.05, 3.63) is 52.9 Å². The number of carbonyl (C=O) groups excluding carboxylic acids is 1. The van der Waals surface area contributed by atoms with Crippen molar-refractivity contribution < 1.29 is 13.9 Å². The maximum absolute atomic E-state index is 12.3. The molecule has 0 aliphatic heterocycles. The number of amides is 2. The van der Waals surface area contributed by atoms with Crippen LogP contribution in [0.4, 0.5) is 4.79 Å². The van der Waals surface area contributed by atoms with E-state index in [1.807, 2.05) is 18.2 Å². The maximum Gasteiger partial charge on any atom is 0.317 e. The molecule has 0 spiro atoms. The maximum atomic E-state index is 12.3. The van der Waals surface area contributed by atoms with Gasteiger partial charge >= 0.3 is 6.03 Å². The number of ether oxygens (including phenoxy) is 1. The van der Waals surface area contributed by atoms with Crippen molar-refractivity contribution in [3.63, 3.8) is 0 Å². The number of carbonyl (C=O) groups is 1. The fraction of sp³-hybridized carbons (Fsp3) is 0.389. The summed E-state index contributed by atoms with van der Waals surface area (Å²) in [5, 5.41) is 3.70. The van der Waals surface area contributed by atoms with Crippen LogP contribution in [-0.4, -0.2) is 31.1 Å². The summed E-state index contributed by atoms with van der Waals surface area (Å²) < 4.78 is 11.1. The van der Waals surface area contributed by atoms with Crippen LogP contribution in [-0.2, 0) is 6.42 Å². The summed E-state index contributed by atoms with van der Waals surface area (Å²) in [6, 6.07) is 9.09. The minimum Gasteiger partial charge on any atom is -0.492 e. The second-order valence-corrected chi connectivity index (χ2v) is 6.36. The van der Waals surface area contributed by atoms with Crippen molar-refractivity contribution in [2.75, 3.05) is 20.2 Å². The van der Waals surface area contributed by atoms with Gasteiger partial charge in [-0.15, -0.1) is 0 Å². The molecule has 1 aliphatic carbocycles. The van der Waals surface area contributed by atoms with Gasteiger partial charge in [0.2, 0.25) is 0 Å². The van der Waals surface area contributed by atoms with Crippen LogP contribution in [0.15, 0.2) is 41.0 Å². The van der Waals surface area contributed by atoms with Crippen molar-refractivity contribution in [1.29, 1.82) is 0 Å². The molecule has 24 heavy (non-hydrogen) atoms. The smallest absolute Gasteiger partial charge is 0.317 e. The number of likely N-dealkylation sites (N-methyl/N-ethyl adjacent to an activating group) is 1. The van der Waals surface area contributed by atoms with Crippen LogP contribution in [0.2, 0.25) is 5.02 Å². The fourth-order valence-corrected chi connectivity index (χ4v) is 3.03. The Morgan fingerprint density at radius 3 is 3.17 bits per heavy atom. The third-order valence-corrected chi connectivity index (χ3v) is 4.42. The SMILES string of the molecule is CN(CCOc1cccc(Cl)c1)C(=O)NC1CCCc2occc21. The Kier molecular flexibility index (Phi) is 5.30. The zero-order valence-electron chi connectivity index (χ0n) is 13.6. The first kappa shape index (κ1) is 16.7. The predicted octanol–water partition coefficient (Wildman–Crippen LogP) is 4.03. The van der Waals surface area contributed by atoms with E-state index in [4.69, 9.17) is 20.8 Å². The molecule has 1 aromatic carbocycles. The zero-order valence-corrected chi connectivity index (χ0v) is 14.4. The number of hydrogen-bond donors (Lipinski definition) is 1. The normalized spacial score (nSPS) is 16.3. The largest absolute Gasteiger partial charge is 0.492 e. The first-order chi connectivity index (χ1) is 11.6. The van der Waals surface area contributed by atoms with E-state index in [0.717, 1.165) is 30.6 Å². The van der Waals surface area contributed by atoms with Gasteiger partial charge in [0.25, 0.3) is 0 Å². The highest BCUT2D eigenvalue weighted by Gasteiger charge is 2.24. The Morgan fingerprint density at radius 1 is 1.46 bits per heavy atom. The van der Waals surface area contributed by atoms with Gasteiger partial charge in [0.15, 0.2) is 0 Å². The number of aryl methyl sites for hydroxylation is 1. The molecule has 2 aromatic rings. The average Bonchev–Trinajstić information content (AvgIpc) is 3.04. The van der Waals surface area contributed by atoms with Crippen LogP contribution in [0.5, 0.6) is 5.75 Å². The molecule has 1 unspecified atom stereocenters. The molecule has 0 saturated heterocycles. The van der Waals surface area contributed by atoms with Crippen molar-refractivity contribution in [3.8, 4) is 5.75 Å². The van der Waals surface area contributed by atoms with E-state index in [-0.39, 0.29) is 12.1 Å². The van der Waals surface area contributed by atoms with Gasteiger partial charge in [-0.25, -0.2) is 4.79 Å². The standard InChI is InChI=1S/C18H21ClN2O3/c1-21(9-11-23-14-5-2-4-13(19)12-14)18(22)20-16-6-3-7-17-15(16)8-10-24-17/h2,4-5,8,10,12,16H,3,6-7,9,11H2,1H3,(H,20,22). The van der Waals surface area contributed by atoms with Crippen LogP contribution < -0.4 is 10.1 Å². The second-order valence-electron chi connectivity index (χ2n) is 5.92. The van der Waals surface area contributed by atoms with Gasteiger partial charge in [0.1, 0.15) is 18.1 Å². The Balaban J connectivity index is 1.47. The number of halogens is 1. The molecule has 1 heterocycles. The van der Waals surface area contributed by atoms with Gasteiger partial charge in [0, 0.05) is 24.1 Å². The van der Waals surface area contributed by atoms with Gasteiger partial charge in [-0.3, -0.25) is 0 Å². The highest BCUT2D eigenvalue weighted by molar-refractivity contribution is 6.30. The number of urea groups is 1. The Hall–Kier alpha value is -2.14. The lowest BCUT2D eigenvalue weighted by atomic mass is 9.93. The van der Waals surface area contributed by atoms with E-state index in [2.05, 4.69) is 5.32 Å². The molecular formula is C18H21ClN2O3. The quantitative estimate of drug-likeness (QED) is 0.887. The van der Waals surface area contributed by atoms with Crippen molar-refractivity contribution >= 4 is 17.6 Å². The molecule has 0 radical (unpaired) electrons. The summed E-state index contributed by atoms with van der Waals surface area (Å²) in [5.41, 5.74) is 1.10. The van der Waals surface area contributed by atoms with E-state index >= 15 is 0 Å². The monoisotopic (exact) mass is 348 g/mol. The number of fused-ring (bicyclic) bond motifs is 1. The number of nitrogens with zero attached hydrogens (tertiary/aromatic N) is 1. The number of benzene rings is 1. The second kappa shape index (κ2) is 7.62. The first-order valence-electron chi connectivity index (χ1n) is 8.10. The Labute approximate surface area is 146 Å². The van der Waals surface area contributed by atoms with Gasteiger partial charge in [-0.2, -0.15) is 0 Å². The summed E-state index contributed by atoms with van der Waals surface area (Å²) in [6.45, 7) is 0.898. The molecule has 6 heteroatoms. The fourth-order valence-electron chi connectivity index (χ4n) is 2.85. The van der Waals surface area contributed by atoms with E-state index in [1.54, 1.807) is 30.3 Å². The molecule has 1 aliphatic rings. The van der Waals surface area contributed by atoms with Crippen LogP contribution in [0.25, 0.3) is 0 Å². The number of furan rings is 1. The molecule has 1 aromatic heterocycles. The summed E-state index contributed by atoms with van der Waals surface area (Å²) >= 11 is 5.91. The Morgan fingerprint density at radius 2 is 2.33 bits per heavy atom. The number of hydrogen-bond acceptors (Lipinski definition) is 3. The van der Waals surface area contributed by atoms with E-state index in [0.29, 0.717) is 23.9 Å². The van der Waals surface area contributed by atoms with Crippen LogP contribution in [0.1, 0.15) is 30.2 Å². The van der Waals surface area contributed by atoms with E-state index in [1.165, 1.54) is 0 Å². The molecule has 3 rings (SSSR count). The summed E-state index contributed by atoms with van der Waals surface area (Å²) in [4.78, 5) is 14.0. The lowest BCUT2D eigenvalue weighted by Gasteiger charge is -2.26. The molecule has 128 valence electrons. The van der Waals surface area contributed by atoms with Crippen LogP contribution >= 0.6 is 11.6 Å². The molecule has 1 atom stereocenters. The minimum atomic E-state index is -0.108. The minimum absolute atomic E-state index is 0.0244. The summed E-state index contributed by atoms with van der Waals surface area (Å²) in [6.07, 6.45) is 4.59. The van der Waals surface area contributed by atoms with E-state index in [9.17, 15) is 4.79 Å². The lowest BCUT2D eigenvalue weighted by molar-refractivity contribution is 0.190. The topological polar surface area (TPSA) is 54.7 Å². The molecular weight excluding hydrogens is 328 g/mol.